The highest BCUT2D eigenvalue weighted by Crippen LogP contribution is 2.27. The molecule has 2 nitrogen and oxygen atoms in total. The van der Waals surface area contributed by atoms with Gasteiger partial charge in [-0.2, -0.15) is 0 Å². The Kier molecular flexibility index (Phi) is 4.94. The summed E-state index contributed by atoms with van der Waals surface area (Å²) in [7, 11) is 0. The molecule has 2 heteroatoms. The summed E-state index contributed by atoms with van der Waals surface area (Å²) in [5.41, 5.74) is 7.81. The van der Waals surface area contributed by atoms with Gasteiger partial charge in [0.25, 0.3) is 0 Å². The predicted molar refractivity (Wildman–Crippen MR) is 109 cm³/mol. The molecule has 1 unspecified atom stereocenters. The van der Waals surface area contributed by atoms with E-state index >= 15 is 0 Å². The largest absolute Gasteiger partial charge is 0.310 e. The van der Waals surface area contributed by atoms with Crippen molar-refractivity contribution in [2.24, 2.45) is 0 Å². The fraction of sp³-hybridized carbons (Fsp3) is 0.208. The minimum Gasteiger partial charge on any atom is -0.310 e. The summed E-state index contributed by atoms with van der Waals surface area (Å²) < 4.78 is 0. The van der Waals surface area contributed by atoms with E-state index in [-0.39, 0.29) is 0 Å². The lowest BCUT2D eigenvalue weighted by molar-refractivity contribution is 0.528. The van der Waals surface area contributed by atoms with Crippen LogP contribution in [0.3, 0.4) is 0 Å². The second-order valence-corrected chi connectivity index (χ2v) is 6.96. The van der Waals surface area contributed by atoms with Crippen LogP contribution in [0, 0.1) is 6.92 Å². The van der Waals surface area contributed by atoms with E-state index in [2.05, 4.69) is 90.0 Å². The third kappa shape index (κ3) is 3.76. The van der Waals surface area contributed by atoms with Gasteiger partial charge in [0.15, 0.2) is 0 Å². The molecule has 1 aromatic heterocycles. The molecule has 0 radical (unpaired) electrons. The van der Waals surface area contributed by atoms with Gasteiger partial charge in [-0.15, -0.1) is 0 Å². The van der Waals surface area contributed by atoms with Gasteiger partial charge in [-0.25, -0.2) is 0 Å². The monoisotopic (exact) mass is 340 g/mol. The van der Waals surface area contributed by atoms with Crippen LogP contribution in [0.1, 0.15) is 23.2 Å². The van der Waals surface area contributed by atoms with Gasteiger partial charge < -0.3 is 5.32 Å². The van der Waals surface area contributed by atoms with Crippen LogP contribution < -0.4 is 5.32 Å². The van der Waals surface area contributed by atoms with E-state index in [0.717, 1.165) is 25.1 Å². The molecule has 4 rings (SSSR count). The lowest BCUT2D eigenvalue weighted by Crippen LogP contribution is -2.35. The van der Waals surface area contributed by atoms with Crippen LogP contribution >= 0.6 is 0 Å². The summed E-state index contributed by atoms with van der Waals surface area (Å²) >= 11 is 0. The molecule has 0 saturated heterocycles. The molecule has 0 amide bonds. The van der Waals surface area contributed by atoms with Gasteiger partial charge in [0.1, 0.15) is 0 Å². The lowest BCUT2D eigenvalue weighted by atomic mass is 9.90. The van der Waals surface area contributed by atoms with Gasteiger partial charge in [0.05, 0.1) is 0 Å². The first-order chi connectivity index (χ1) is 12.8. The van der Waals surface area contributed by atoms with Crippen LogP contribution in [0.15, 0.2) is 79.0 Å². The Morgan fingerprint density at radius 1 is 0.962 bits per heavy atom. The molecule has 26 heavy (non-hydrogen) atoms. The SMILES string of the molecule is Cc1ccccc1C1=CCNC(Cc2cc(-c3ccccc3)ccn2)C1. The van der Waals surface area contributed by atoms with E-state index in [1.807, 2.05) is 6.20 Å². The quantitative estimate of drug-likeness (QED) is 0.719. The van der Waals surface area contributed by atoms with E-state index in [0.29, 0.717) is 6.04 Å². The van der Waals surface area contributed by atoms with Gasteiger partial charge in [0.2, 0.25) is 0 Å². The van der Waals surface area contributed by atoms with Crippen LogP contribution in [0.4, 0.5) is 0 Å². The Bertz CT molecular complexity index is 912. The van der Waals surface area contributed by atoms with Crippen LogP contribution in [0.5, 0.6) is 0 Å². The van der Waals surface area contributed by atoms with E-state index in [1.165, 1.54) is 27.8 Å². The Hall–Kier alpha value is -2.71. The molecule has 1 aliphatic heterocycles. The summed E-state index contributed by atoms with van der Waals surface area (Å²) in [4.78, 5) is 4.61. The Morgan fingerprint density at radius 3 is 2.62 bits per heavy atom. The third-order valence-corrected chi connectivity index (χ3v) is 5.09. The highest BCUT2D eigenvalue weighted by atomic mass is 14.9. The molecule has 0 saturated carbocycles. The topological polar surface area (TPSA) is 24.9 Å². The molecule has 2 heterocycles. The van der Waals surface area contributed by atoms with Gasteiger partial charge in [-0.1, -0.05) is 60.7 Å². The standard InChI is InChI=1S/C24H24N2/c1-18-7-5-6-10-24(18)21-12-14-26-23(16-21)17-22-15-20(11-13-25-22)19-8-3-2-4-9-19/h2-13,15,23,26H,14,16-17H2,1H3. The van der Waals surface area contributed by atoms with Crippen molar-refractivity contribution < 1.29 is 0 Å². The maximum atomic E-state index is 4.61. The van der Waals surface area contributed by atoms with E-state index in [4.69, 9.17) is 0 Å². The van der Waals surface area contributed by atoms with Gasteiger partial charge in [-0.05, 0) is 53.3 Å². The molecule has 2 aromatic carbocycles. The fourth-order valence-electron chi connectivity index (χ4n) is 3.72. The van der Waals surface area contributed by atoms with Crippen LogP contribution in [-0.2, 0) is 6.42 Å². The number of rotatable bonds is 4. The number of nitrogens with zero attached hydrogens (tertiary/aromatic N) is 1. The normalized spacial score (nSPS) is 17.0. The zero-order valence-corrected chi connectivity index (χ0v) is 15.2. The van der Waals surface area contributed by atoms with Crippen molar-refractivity contribution in [3.05, 3.63) is 95.8 Å². The predicted octanol–water partition coefficient (Wildman–Crippen LogP) is 5.05. The molecule has 0 fully saturated rings. The maximum absolute atomic E-state index is 4.61. The van der Waals surface area contributed by atoms with Crippen molar-refractivity contribution in [3.63, 3.8) is 0 Å². The second kappa shape index (κ2) is 7.67. The Balaban J connectivity index is 1.50. The van der Waals surface area contributed by atoms with Crippen molar-refractivity contribution in [3.8, 4) is 11.1 Å². The average Bonchev–Trinajstić information content (AvgIpc) is 2.69. The number of hydrogen-bond donors (Lipinski definition) is 1. The average molecular weight is 340 g/mol. The molecule has 0 spiro atoms. The first-order valence-corrected chi connectivity index (χ1v) is 9.28. The molecule has 0 aliphatic carbocycles. The smallest absolute Gasteiger partial charge is 0.0425 e. The second-order valence-electron chi connectivity index (χ2n) is 6.96. The zero-order chi connectivity index (χ0) is 17.8. The van der Waals surface area contributed by atoms with Crippen molar-refractivity contribution in [2.75, 3.05) is 6.54 Å². The minimum absolute atomic E-state index is 0.424. The molecular weight excluding hydrogens is 316 g/mol. The van der Waals surface area contributed by atoms with Gasteiger partial charge in [-0.3, -0.25) is 4.98 Å². The summed E-state index contributed by atoms with van der Waals surface area (Å²) in [6.07, 6.45) is 6.25. The van der Waals surface area contributed by atoms with Crippen molar-refractivity contribution in [1.29, 1.82) is 0 Å². The molecular formula is C24H24N2. The van der Waals surface area contributed by atoms with Crippen LogP contribution in [0.25, 0.3) is 16.7 Å². The first kappa shape index (κ1) is 16.7. The molecule has 1 aliphatic rings. The summed E-state index contributed by atoms with van der Waals surface area (Å²) in [6.45, 7) is 3.12. The Morgan fingerprint density at radius 2 is 1.77 bits per heavy atom. The summed E-state index contributed by atoms with van der Waals surface area (Å²) in [5, 5.41) is 3.63. The molecule has 130 valence electrons. The lowest BCUT2D eigenvalue weighted by Gasteiger charge is -2.25. The number of benzene rings is 2. The number of hydrogen-bond acceptors (Lipinski definition) is 2. The Labute approximate surface area is 155 Å². The number of aromatic nitrogens is 1. The zero-order valence-electron chi connectivity index (χ0n) is 15.2. The summed E-state index contributed by atoms with van der Waals surface area (Å²) in [6, 6.07) is 23.9. The van der Waals surface area contributed by atoms with Crippen LogP contribution in [0.2, 0.25) is 0 Å². The molecule has 1 atom stereocenters. The van der Waals surface area contributed by atoms with Gasteiger partial charge >= 0.3 is 0 Å². The fourth-order valence-corrected chi connectivity index (χ4v) is 3.72. The summed E-state index contributed by atoms with van der Waals surface area (Å²) in [5.74, 6) is 0. The van der Waals surface area contributed by atoms with Crippen molar-refractivity contribution in [1.82, 2.24) is 10.3 Å². The molecule has 1 N–H and O–H groups in total. The van der Waals surface area contributed by atoms with E-state index in [1.54, 1.807) is 0 Å². The van der Waals surface area contributed by atoms with Crippen molar-refractivity contribution in [2.45, 2.75) is 25.8 Å². The highest BCUT2D eigenvalue weighted by molar-refractivity contribution is 5.69. The maximum Gasteiger partial charge on any atom is 0.0425 e. The number of pyridine rings is 1. The molecule has 3 aromatic rings. The highest BCUT2D eigenvalue weighted by Gasteiger charge is 2.18. The first-order valence-electron chi connectivity index (χ1n) is 9.28. The number of aryl methyl sites for hydroxylation is 1. The molecule has 0 bridgehead atoms. The number of nitrogens with one attached hydrogen (secondary N) is 1. The van der Waals surface area contributed by atoms with E-state index < -0.39 is 0 Å². The van der Waals surface area contributed by atoms with Crippen molar-refractivity contribution >= 4 is 5.57 Å². The van der Waals surface area contributed by atoms with Crippen LogP contribution in [-0.4, -0.2) is 17.6 Å². The van der Waals surface area contributed by atoms with Gasteiger partial charge in [0, 0.05) is 30.9 Å². The minimum atomic E-state index is 0.424. The van der Waals surface area contributed by atoms with E-state index in [9.17, 15) is 0 Å². The third-order valence-electron chi connectivity index (χ3n) is 5.09.